The van der Waals surface area contributed by atoms with E-state index >= 15 is 0 Å². The van der Waals surface area contributed by atoms with Crippen LogP contribution in [-0.2, 0) is 9.59 Å². The summed E-state index contributed by atoms with van der Waals surface area (Å²) in [5.74, 6) is -1.31. The second-order valence-corrected chi connectivity index (χ2v) is 3.80. The highest BCUT2D eigenvalue weighted by atomic mass is 16.4. The lowest BCUT2D eigenvalue weighted by molar-refractivity contribution is -0.149. The minimum absolute atomic E-state index is 0.105. The van der Waals surface area contributed by atoms with Gasteiger partial charge in [-0.05, 0) is 5.92 Å². The third-order valence-electron chi connectivity index (χ3n) is 2.29. The molecule has 0 saturated heterocycles. The molecule has 1 unspecified atom stereocenters. The van der Waals surface area contributed by atoms with Gasteiger partial charge < -0.3 is 10.0 Å². The summed E-state index contributed by atoms with van der Waals surface area (Å²) in [6.07, 6.45) is 6.54. The lowest BCUT2D eigenvalue weighted by Crippen LogP contribution is -2.47. The summed E-state index contributed by atoms with van der Waals surface area (Å²) in [6.45, 7) is 3.94. The molecule has 0 aromatic heterocycles. The molecule has 0 aromatic rings. The summed E-state index contributed by atoms with van der Waals surface area (Å²) in [6, 6.07) is -0.759. The van der Waals surface area contributed by atoms with Crippen LogP contribution in [-0.4, -0.2) is 34.5 Å². The van der Waals surface area contributed by atoms with Crippen LogP contribution in [0, 0.1) is 5.92 Å². The van der Waals surface area contributed by atoms with Crippen LogP contribution in [0.25, 0.3) is 0 Å². The minimum atomic E-state index is -0.956. The van der Waals surface area contributed by atoms with E-state index in [9.17, 15) is 9.59 Å². The van der Waals surface area contributed by atoms with Crippen molar-refractivity contribution < 1.29 is 14.7 Å². The van der Waals surface area contributed by atoms with Gasteiger partial charge in [-0.2, -0.15) is 0 Å². The molecule has 1 N–H and O–H groups in total. The number of hydrogen-bond donors (Lipinski definition) is 1. The normalized spacial score (nSPS) is 18.1. The van der Waals surface area contributed by atoms with E-state index in [1.54, 1.807) is 32.1 Å². The summed E-state index contributed by atoms with van der Waals surface area (Å²) in [5, 5.41) is 9.06. The number of carboxylic acid groups (broad SMARTS) is 1. The van der Waals surface area contributed by atoms with Gasteiger partial charge in [-0.3, -0.25) is 4.79 Å². The number of carbonyl (C=O) groups is 2. The fourth-order valence-corrected chi connectivity index (χ4v) is 1.61. The smallest absolute Gasteiger partial charge is 0.326 e. The number of carboxylic acids is 1. The predicted octanol–water partition coefficient (Wildman–Crippen LogP) is 1.05. The molecule has 0 saturated carbocycles. The highest BCUT2D eigenvalue weighted by Gasteiger charge is 2.30. The third-order valence-corrected chi connectivity index (χ3v) is 2.29. The third kappa shape index (κ3) is 2.68. The highest BCUT2D eigenvalue weighted by Crippen LogP contribution is 2.13. The van der Waals surface area contributed by atoms with Gasteiger partial charge in [0.1, 0.15) is 6.04 Å². The second-order valence-electron chi connectivity index (χ2n) is 3.80. The first kappa shape index (κ1) is 11.5. The van der Waals surface area contributed by atoms with E-state index in [4.69, 9.17) is 5.11 Å². The molecule has 1 heterocycles. The number of allylic oxidation sites excluding steroid dienone is 2. The Bertz CT molecular complexity index is 318. The van der Waals surface area contributed by atoms with E-state index in [1.165, 1.54) is 11.0 Å². The molecule has 1 aliphatic rings. The van der Waals surface area contributed by atoms with Crippen molar-refractivity contribution in [2.24, 2.45) is 5.92 Å². The maximum absolute atomic E-state index is 11.6. The van der Waals surface area contributed by atoms with Gasteiger partial charge in [-0.1, -0.05) is 32.1 Å². The Hall–Kier alpha value is -1.58. The number of aliphatic carboxylic acids is 1. The van der Waals surface area contributed by atoms with Crippen molar-refractivity contribution in [1.82, 2.24) is 4.90 Å². The summed E-state index contributed by atoms with van der Waals surface area (Å²) < 4.78 is 0. The molecule has 0 aromatic carbocycles. The van der Waals surface area contributed by atoms with Crippen molar-refractivity contribution in [1.29, 1.82) is 0 Å². The van der Waals surface area contributed by atoms with Crippen LogP contribution in [0.5, 0.6) is 0 Å². The first-order chi connectivity index (χ1) is 7.04. The average molecular weight is 209 g/mol. The first-order valence-corrected chi connectivity index (χ1v) is 4.90. The fraction of sp³-hybridized carbons (Fsp3) is 0.455. The Morgan fingerprint density at radius 3 is 2.67 bits per heavy atom. The number of rotatable bonds is 3. The monoisotopic (exact) mass is 209 g/mol. The number of hydrogen-bond acceptors (Lipinski definition) is 2. The van der Waals surface area contributed by atoms with Gasteiger partial charge >= 0.3 is 5.97 Å². The summed E-state index contributed by atoms with van der Waals surface area (Å²) in [5.41, 5.74) is 0. The molecule has 15 heavy (non-hydrogen) atoms. The summed E-state index contributed by atoms with van der Waals surface area (Å²) in [7, 11) is 0. The summed E-state index contributed by atoms with van der Waals surface area (Å²) in [4.78, 5) is 24.0. The Labute approximate surface area is 88.9 Å². The van der Waals surface area contributed by atoms with Gasteiger partial charge in [0, 0.05) is 12.6 Å². The van der Waals surface area contributed by atoms with Gasteiger partial charge in [-0.25, -0.2) is 4.79 Å². The molecule has 4 nitrogen and oxygen atoms in total. The van der Waals surface area contributed by atoms with Crippen LogP contribution in [0.3, 0.4) is 0 Å². The quantitative estimate of drug-likeness (QED) is 0.755. The van der Waals surface area contributed by atoms with Gasteiger partial charge in [0.05, 0.1) is 0 Å². The van der Waals surface area contributed by atoms with Crippen molar-refractivity contribution in [3.8, 4) is 0 Å². The van der Waals surface area contributed by atoms with E-state index in [1.807, 2.05) is 0 Å². The zero-order chi connectivity index (χ0) is 11.4. The van der Waals surface area contributed by atoms with E-state index in [0.717, 1.165) is 0 Å². The largest absolute Gasteiger partial charge is 0.480 e. The Balaban J connectivity index is 2.91. The standard InChI is InChI=1S/C11H15NO3/c1-8(2)10(11(14)15)12-7-5-3-4-6-9(12)13/h3-6,8,10H,7H2,1-2H3,(H,14,15). The molecule has 0 radical (unpaired) electrons. The van der Waals surface area contributed by atoms with Gasteiger partial charge in [0.25, 0.3) is 0 Å². The average Bonchev–Trinajstić information content (AvgIpc) is 2.31. The minimum Gasteiger partial charge on any atom is -0.480 e. The molecule has 0 aliphatic carbocycles. The first-order valence-electron chi connectivity index (χ1n) is 4.90. The number of nitrogens with zero attached hydrogens (tertiary/aromatic N) is 1. The van der Waals surface area contributed by atoms with Crippen LogP contribution in [0.2, 0.25) is 0 Å². The van der Waals surface area contributed by atoms with Crippen molar-refractivity contribution in [3.05, 3.63) is 24.3 Å². The van der Waals surface area contributed by atoms with Gasteiger partial charge in [0.2, 0.25) is 5.91 Å². The van der Waals surface area contributed by atoms with E-state index < -0.39 is 12.0 Å². The lowest BCUT2D eigenvalue weighted by atomic mass is 10.0. The summed E-state index contributed by atoms with van der Waals surface area (Å²) >= 11 is 0. The van der Waals surface area contributed by atoms with Crippen LogP contribution < -0.4 is 0 Å². The zero-order valence-electron chi connectivity index (χ0n) is 8.88. The molecule has 0 fully saturated rings. The van der Waals surface area contributed by atoms with E-state index in [0.29, 0.717) is 6.54 Å². The van der Waals surface area contributed by atoms with Gasteiger partial charge in [-0.15, -0.1) is 0 Å². The zero-order valence-corrected chi connectivity index (χ0v) is 8.88. The molecule has 0 spiro atoms. The SMILES string of the molecule is CC(C)C(C(=O)O)N1CC=CC=CC1=O. The van der Waals surface area contributed by atoms with E-state index in [-0.39, 0.29) is 11.8 Å². The van der Waals surface area contributed by atoms with Crippen molar-refractivity contribution >= 4 is 11.9 Å². The Morgan fingerprint density at radius 2 is 2.13 bits per heavy atom. The topological polar surface area (TPSA) is 57.6 Å². The molecule has 1 atom stereocenters. The van der Waals surface area contributed by atoms with Crippen molar-refractivity contribution in [3.63, 3.8) is 0 Å². The number of amides is 1. The van der Waals surface area contributed by atoms with Crippen LogP contribution in [0.4, 0.5) is 0 Å². The molecule has 1 rings (SSSR count). The molecule has 1 amide bonds. The van der Waals surface area contributed by atoms with Crippen LogP contribution in [0.1, 0.15) is 13.8 Å². The molecule has 1 aliphatic heterocycles. The molecular formula is C11H15NO3. The maximum Gasteiger partial charge on any atom is 0.326 e. The van der Waals surface area contributed by atoms with Crippen molar-refractivity contribution in [2.45, 2.75) is 19.9 Å². The molecule has 0 bridgehead atoms. The Morgan fingerprint density at radius 1 is 1.47 bits per heavy atom. The Kier molecular flexibility index (Phi) is 3.66. The van der Waals surface area contributed by atoms with Crippen LogP contribution >= 0.6 is 0 Å². The second kappa shape index (κ2) is 4.77. The lowest BCUT2D eigenvalue weighted by Gasteiger charge is -2.29. The predicted molar refractivity (Wildman–Crippen MR) is 56.3 cm³/mol. The fourth-order valence-electron chi connectivity index (χ4n) is 1.61. The van der Waals surface area contributed by atoms with Gasteiger partial charge in [0.15, 0.2) is 0 Å². The number of carbonyl (C=O) groups excluding carboxylic acids is 1. The van der Waals surface area contributed by atoms with Crippen LogP contribution in [0.15, 0.2) is 24.3 Å². The highest BCUT2D eigenvalue weighted by molar-refractivity contribution is 5.92. The molecule has 82 valence electrons. The molecular weight excluding hydrogens is 194 g/mol. The van der Waals surface area contributed by atoms with Crippen molar-refractivity contribution in [2.75, 3.05) is 6.54 Å². The maximum atomic E-state index is 11.6. The van der Waals surface area contributed by atoms with E-state index in [2.05, 4.69) is 0 Å². The molecule has 4 heteroatoms.